The zero-order valence-electron chi connectivity index (χ0n) is 7.87. The van der Waals surface area contributed by atoms with Gasteiger partial charge >= 0.3 is 0 Å². The van der Waals surface area contributed by atoms with Crippen molar-refractivity contribution in [2.75, 3.05) is 49.3 Å². The van der Waals surface area contributed by atoms with Gasteiger partial charge in [-0.05, 0) is 0 Å². The van der Waals surface area contributed by atoms with E-state index in [-0.39, 0.29) is 13.2 Å². The normalized spacial score (nSPS) is 10.6. The summed E-state index contributed by atoms with van der Waals surface area (Å²) < 4.78 is 0. The Morgan fingerprint density at radius 3 is 1.62 bits per heavy atom. The molecule has 0 aliphatic rings. The van der Waals surface area contributed by atoms with Gasteiger partial charge in [-0.3, -0.25) is 0 Å². The van der Waals surface area contributed by atoms with Gasteiger partial charge in [0.2, 0.25) is 0 Å². The zero-order chi connectivity index (χ0) is 9.78. The number of nitrogens with one attached hydrogen (secondary N) is 1. The Balaban J connectivity index is 2.76. The van der Waals surface area contributed by atoms with Crippen LogP contribution in [0.5, 0.6) is 0 Å². The molecule has 0 saturated carbocycles. The Hall–Kier alpha value is 0.580. The lowest BCUT2D eigenvalue weighted by atomic mass is 10.7. The number of thioether (sulfide) groups is 2. The number of aliphatic hydroxyl groups excluding tert-OH is 2. The van der Waals surface area contributed by atoms with Gasteiger partial charge in [-0.2, -0.15) is 23.5 Å². The third-order valence-corrected chi connectivity index (χ3v) is 3.25. The highest BCUT2D eigenvalue weighted by atomic mass is 32.2. The van der Waals surface area contributed by atoms with Crippen LogP contribution < -0.4 is 5.32 Å². The van der Waals surface area contributed by atoms with Gasteiger partial charge in [-0.25, -0.2) is 0 Å². The Morgan fingerprint density at radius 2 is 1.23 bits per heavy atom. The standard InChI is InChI=1S/C8H19NO2S2/c10-3-7-12-5-1-9-2-6-13-8-4-11/h9-11H,1-8H2. The van der Waals surface area contributed by atoms with Gasteiger partial charge < -0.3 is 15.5 Å². The molecule has 3 nitrogen and oxygen atoms in total. The first-order valence-electron chi connectivity index (χ1n) is 4.49. The first kappa shape index (κ1) is 13.6. The van der Waals surface area contributed by atoms with Crippen LogP contribution in [-0.2, 0) is 0 Å². The summed E-state index contributed by atoms with van der Waals surface area (Å²) in [5.41, 5.74) is 0. The third-order valence-electron chi connectivity index (χ3n) is 1.32. The fourth-order valence-electron chi connectivity index (χ4n) is 0.747. The molecule has 0 fully saturated rings. The lowest BCUT2D eigenvalue weighted by Gasteiger charge is -2.03. The smallest absolute Gasteiger partial charge is 0.0521 e. The van der Waals surface area contributed by atoms with E-state index in [0.717, 1.165) is 36.1 Å². The van der Waals surface area contributed by atoms with E-state index in [9.17, 15) is 0 Å². The first-order valence-corrected chi connectivity index (χ1v) is 6.80. The van der Waals surface area contributed by atoms with Crippen molar-refractivity contribution in [3.63, 3.8) is 0 Å². The van der Waals surface area contributed by atoms with Crippen molar-refractivity contribution in [3.8, 4) is 0 Å². The van der Waals surface area contributed by atoms with E-state index in [4.69, 9.17) is 10.2 Å². The fraction of sp³-hybridized carbons (Fsp3) is 1.00. The van der Waals surface area contributed by atoms with Gasteiger partial charge in [0, 0.05) is 36.1 Å². The van der Waals surface area contributed by atoms with Crippen LogP contribution in [0.4, 0.5) is 0 Å². The monoisotopic (exact) mass is 225 g/mol. The summed E-state index contributed by atoms with van der Waals surface area (Å²) in [5, 5.41) is 20.3. The highest BCUT2D eigenvalue weighted by Gasteiger charge is 1.89. The summed E-state index contributed by atoms with van der Waals surface area (Å²) in [6.07, 6.45) is 0. The van der Waals surface area contributed by atoms with Crippen molar-refractivity contribution >= 4 is 23.5 Å². The number of aliphatic hydroxyl groups is 2. The molecule has 0 spiro atoms. The molecule has 0 aromatic carbocycles. The summed E-state index contributed by atoms with van der Waals surface area (Å²) >= 11 is 3.52. The largest absolute Gasteiger partial charge is 0.396 e. The highest BCUT2D eigenvalue weighted by Crippen LogP contribution is 1.97. The third kappa shape index (κ3) is 12.6. The number of hydrogen-bond acceptors (Lipinski definition) is 5. The predicted octanol–water partition coefficient (Wildman–Crippen LogP) is 0.0270. The predicted molar refractivity (Wildman–Crippen MR) is 61.7 cm³/mol. The summed E-state index contributed by atoms with van der Waals surface area (Å²) in [6, 6.07) is 0. The summed E-state index contributed by atoms with van der Waals surface area (Å²) in [7, 11) is 0. The lowest BCUT2D eigenvalue weighted by Crippen LogP contribution is -2.20. The molecule has 0 aromatic heterocycles. The second kappa shape index (κ2) is 12.6. The molecule has 0 rings (SSSR count). The van der Waals surface area contributed by atoms with Gasteiger partial charge in [-0.15, -0.1) is 0 Å². The number of rotatable bonds is 10. The van der Waals surface area contributed by atoms with E-state index < -0.39 is 0 Å². The molecule has 0 saturated heterocycles. The SMILES string of the molecule is OCCSCCNCCSCCO. The van der Waals surface area contributed by atoms with Crippen LogP contribution in [0.25, 0.3) is 0 Å². The van der Waals surface area contributed by atoms with Crippen LogP contribution in [0.3, 0.4) is 0 Å². The van der Waals surface area contributed by atoms with E-state index in [1.165, 1.54) is 0 Å². The molecule has 3 N–H and O–H groups in total. The Morgan fingerprint density at radius 1 is 0.769 bits per heavy atom. The Labute approximate surface area is 88.7 Å². The molecule has 0 aliphatic carbocycles. The maximum atomic E-state index is 8.50. The van der Waals surface area contributed by atoms with E-state index in [2.05, 4.69) is 5.32 Å². The summed E-state index contributed by atoms with van der Waals surface area (Å²) in [5.74, 6) is 3.79. The highest BCUT2D eigenvalue weighted by molar-refractivity contribution is 7.99. The van der Waals surface area contributed by atoms with Crippen LogP contribution in [-0.4, -0.2) is 59.5 Å². The maximum absolute atomic E-state index is 8.50. The topological polar surface area (TPSA) is 52.5 Å². The molecule has 0 radical (unpaired) electrons. The molecule has 0 aliphatic heterocycles. The second-order valence-corrected chi connectivity index (χ2v) is 4.87. The van der Waals surface area contributed by atoms with E-state index in [0.29, 0.717) is 0 Å². The van der Waals surface area contributed by atoms with Crippen molar-refractivity contribution in [2.45, 2.75) is 0 Å². The fourth-order valence-corrected chi connectivity index (χ4v) is 1.99. The van der Waals surface area contributed by atoms with Gasteiger partial charge in [0.05, 0.1) is 13.2 Å². The second-order valence-electron chi connectivity index (χ2n) is 2.42. The van der Waals surface area contributed by atoms with Crippen molar-refractivity contribution in [3.05, 3.63) is 0 Å². The first-order chi connectivity index (χ1) is 6.41. The molecule has 0 aromatic rings. The minimum Gasteiger partial charge on any atom is -0.396 e. The average Bonchev–Trinajstić information content (AvgIpc) is 2.16. The van der Waals surface area contributed by atoms with Crippen molar-refractivity contribution in [1.82, 2.24) is 5.32 Å². The van der Waals surface area contributed by atoms with Gasteiger partial charge in [0.25, 0.3) is 0 Å². The van der Waals surface area contributed by atoms with E-state index in [1.807, 2.05) is 0 Å². The summed E-state index contributed by atoms with van der Waals surface area (Å²) in [6.45, 7) is 2.56. The van der Waals surface area contributed by atoms with Gasteiger partial charge in [0.15, 0.2) is 0 Å². The molecule has 5 heteroatoms. The molecular formula is C8H19NO2S2. The van der Waals surface area contributed by atoms with Gasteiger partial charge in [-0.1, -0.05) is 0 Å². The van der Waals surface area contributed by atoms with Crippen molar-refractivity contribution in [2.24, 2.45) is 0 Å². The molecule has 0 atom stereocenters. The summed E-state index contributed by atoms with van der Waals surface area (Å²) in [4.78, 5) is 0. The lowest BCUT2D eigenvalue weighted by molar-refractivity contribution is 0.322. The Kier molecular flexibility index (Phi) is 13.1. The molecule has 0 amide bonds. The quantitative estimate of drug-likeness (QED) is 0.458. The van der Waals surface area contributed by atoms with Crippen LogP contribution in [0.15, 0.2) is 0 Å². The molecule has 0 heterocycles. The zero-order valence-corrected chi connectivity index (χ0v) is 9.50. The van der Waals surface area contributed by atoms with Crippen LogP contribution in [0, 0.1) is 0 Å². The number of hydrogen-bond donors (Lipinski definition) is 3. The average molecular weight is 225 g/mol. The maximum Gasteiger partial charge on any atom is 0.0521 e. The molecule has 80 valence electrons. The van der Waals surface area contributed by atoms with Crippen molar-refractivity contribution in [1.29, 1.82) is 0 Å². The van der Waals surface area contributed by atoms with Crippen LogP contribution >= 0.6 is 23.5 Å². The molecule has 13 heavy (non-hydrogen) atoms. The van der Waals surface area contributed by atoms with Crippen molar-refractivity contribution < 1.29 is 10.2 Å². The molecule has 0 bridgehead atoms. The van der Waals surface area contributed by atoms with Gasteiger partial charge in [0.1, 0.15) is 0 Å². The van der Waals surface area contributed by atoms with E-state index in [1.54, 1.807) is 23.5 Å². The minimum absolute atomic E-state index is 0.275. The van der Waals surface area contributed by atoms with Crippen LogP contribution in [0.2, 0.25) is 0 Å². The Bertz CT molecular complexity index is 86.2. The minimum atomic E-state index is 0.275. The van der Waals surface area contributed by atoms with E-state index >= 15 is 0 Å². The molecule has 0 unspecified atom stereocenters. The molecular weight excluding hydrogens is 206 g/mol. The van der Waals surface area contributed by atoms with Crippen LogP contribution in [0.1, 0.15) is 0 Å².